The van der Waals surface area contributed by atoms with Crippen LogP contribution in [-0.2, 0) is 16.0 Å². The van der Waals surface area contributed by atoms with Gasteiger partial charge in [-0.1, -0.05) is 66.2 Å². The van der Waals surface area contributed by atoms with Gasteiger partial charge < -0.3 is 24.1 Å². The molecule has 42 heavy (non-hydrogen) atoms. The van der Waals surface area contributed by atoms with E-state index in [-0.39, 0.29) is 5.78 Å². The van der Waals surface area contributed by atoms with E-state index in [1.165, 1.54) is 7.11 Å². The zero-order chi connectivity index (χ0) is 29.5. The molecule has 1 heterocycles. The number of ketones is 1. The largest absolute Gasteiger partial charge is 0.492 e. The lowest BCUT2D eigenvalue weighted by Gasteiger charge is -2.20. The number of rotatable bonds is 12. The van der Waals surface area contributed by atoms with Crippen LogP contribution in [0.5, 0.6) is 5.75 Å². The fraction of sp³-hybridized carbons (Fsp3) is 0.206. The van der Waals surface area contributed by atoms with Gasteiger partial charge in [-0.25, -0.2) is 4.79 Å². The number of carbonyl (C=O) groups is 2. The van der Waals surface area contributed by atoms with Gasteiger partial charge in [-0.05, 0) is 48.9 Å². The quantitative estimate of drug-likeness (QED) is 0.144. The predicted molar refractivity (Wildman–Crippen MR) is 163 cm³/mol. The number of para-hydroxylation sites is 2. The summed E-state index contributed by atoms with van der Waals surface area (Å²) in [6.07, 6.45) is 0.361. The van der Waals surface area contributed by atoms with Crippen LogP contribution < -0.4 is 15.0 Å². The number of nitrogens with one attached hydrogen (secondary N) is 1. The number of carbonyl (C=O) groups excluding carboxylic acids is 2. The Balaban J connectivity index is 1.22. The van der Waals surface area contributed by atoms with Gasteiger partial charge in [0.05, 0.1) is 13.7 Å². The first-order valence-electron chi connectivity index (χ1n) is 13.7. The zero-order valence-corrected chi connectivity index (χ0v) is 23.9. The number of hydrogen-bond donors (Lipinski definition) is 1. The Morgan fingerprint density at radius 3 is 2.43 bits per heavy atom. The maximum absolute atomic E-state index is 13.3. The standard InChI is InChI=1S/C34H33N3O5/c1-23-13-18-28(27(21-23)32(38)25-9-5-4-6-10-25)35-30(33(39)40-3)22-24-14-16-26(17-15-24)41-20-19-37(2)34-36-29-11-7-8-12-31(29)42-34/h4-18,21,30,35H,19-20,22H2,1-3H3. The molecule has 0 aliphatic carbocycles. The molecule has 5 rings (SSSR count). The Kier molecular flexibility index (Phi) is 8.82. The summed E-state index contributed by atoms with van der Waals surface area (Å²) in [5, 5.41) is 3.26. The van der Waals surface area contributed by atoms with E-state index < -0.39 is 12.0 Å². The third-order valence-electron chi connectivity index (χ3n) is 6.94. The monoisotopic (exact) mass is 563 g/mol. The Bertz CT molecular complexity index is 1630. The highest BCUT2D eigenvalue weighted by Crippen LogP contribution is 2.24. The van der Waals surface area contributed by atoms with Crippen molar-refractivity contribution in [3.05, 3.63) is 119 Å². The van der Waals surface area contributed by atoms with Crippen molar-refractivity contribution < 1.29 is 23.5 Å². The first kappa shape index (κ1) is 28.4. The number of oxazole rings is 1. The number of nitrogens with zero attached hydrogens (tertiary/aromatic N) is 2. The molecule has 4 aromatic carbocycles. The van der Waals surface area contributed by atoms with Crippen LogP contribution in [0.3, 0.4) is 0 Å². The minimum Gasteiger partial charge on any atom is -0.492 e. The van der Waals surface area contributed by atoms with Crippen LogP contribution in [0.15, 0.2) is 101 Å². The summed E-state index contributed by atoms with van der Waals surface area (Å²) < 4.78 is 16.8. The van der Waals surface area contributed by atoms with Crippen molar-refractivity contribution in [3.8, 4) is 5.75 Å². The second-order valence-electron chi connectivity index (χ2n) is 10.0. The third kappa shape index (κ3) is 6.78. The second kappa shape index (κ2) is 13.0. The lowest BCUT2D eigenvalue weighted by Crippen LogP contribution is -2.33. The smallest absolute Gasteiger partial charge is 0.328 e. The number of likely N-dealkylation sites (N-methyl/N-ethyl adjacent to an activating group) is 1. The topological polar surface area (TPSA) is 93.9 Å². The van der Waals surface area contributed by atoms with Crippen molar-refractivity contribution >= 4 is 34.6 Å². The van der Waals surface area contributed by atoms with Gasteiger partial charge in [0.15, 0.2) is 11.4 Å². The fourth-order valence-electron chi connectivity index (χ4n) is 4.62. The van der Waals surface area contributed by atoms with Crippen LogP contribution in [0.4, 0.5) is 11.7 Å². The summed E-state index contributed by atoms with van der Waals surface area (Å²) in [4.78, 5) is 32.5. The Morgan fingerprint density at radius 1 is 0.952 bits per heavy atom. The number of aromatic nitrogens is 1. The molecule has 1 N–H and O–H groups in total. The molecule has 1 unspecified atom stereocenters. The van der Waals surface area contributed by atoms with Gasteiger partial charge in [0.1, 0.15) is 23.9 Å². The highest BCUT2D eigenvalue weighted by molar-refractivity contribution is 6.12. The molecule has 0 fully saturated rings. The van der Waals surface area contributed by atoms with E-state index in [1.807, 2.05) is 104 Å². The van der Waals surface area contributed by atoms with Gasteiger partial charge >= 0.3 is 5.97 Å². The molecule has 0 spiro atoms. The van der Waals surface area contributed by atoms with Crippen LogP contribution in [0.2, 0.25) is 0 Å². The SMILES string of the molecule is COC(=O)C(Cc1ccc(OCCN(C)c2nc3ccccc3o2)cc1)Nc1ccc(C)cc1C(=O)c1ccccc1. The number of aryl methyl sites for hydroxylation is 1. The summed E-state index contributed by atoms with van der Waals surface area (Å²) in [6, 6.07) is 29.7. The zero-order valence-electron chi connectivity index (χ0n) is 23.9. The molecule has 1 atom stereocenters. The Morgan fingerprint density at radius 2 is 1.69 bits per heavy atom. The molecular formula is C34H33N3O5. The summed E-state index contributed by atoms with van der Waals surface area (Å²) in [5.41, 5.74) is 5.09. The number of methoxy groups -OCH3 is 1. The number of hydrogen-bond acceptors (Lipinski definition) is 8. The molecule has 0 saturated carbocycles. The van der Waals surface area contributed by atoms with E-state index in [0.717, 1.165) is 22.2 Å². The molecule has 214 valence electrons. The molecular weight excluding hydrogens is 530 g/mol. The average Bonchev–Trinajstić information content (AvgIpc) is 3.46. The van der Waals surface area contributed by atoms with E-state index in [1.54, 1.807) is 12.1 Å². The van der Waals surface area contributed by atoms with Gasteiger partial charge in [0.2, 0.25) is 0 Å². The third-order valence-corrected chi connectivity index (χ3v) is 6.94. The van der Waals surface area contributed by atoms with Crippen molar-refractivity contribution in [1.29, 1.82) is 0 Å². The van der Waals surface area contributed by atoms with Crippen molar-refractivity contribution in [2.45, 2.75) is 19.4 Å². The molecule has 0 aliphatic rings. The maximum atomic E-state index is 13.3. The van der Waals surface area contributed by atoms with E-state index in [2.05, 4.69) is 10.3 Å². The van der Waals surface area contributed by atoms with Crippen molar-refractivity contribution in [3.63, 3.8) is 0 Å². The van der Waals surface area contributed by atoms with Crippen LogP contribution in [0, 0.1) is 6.92 Å². The summed E-state index contributed by atoms with van der Waals surface area (Å²) in [5.74, 6) is 0.173. The molecule has 0 saturated heterocycles. The molecule has 0 radical (unpaired) electrons. The minimum absolute atomic E-state index is 0.117. The first-order valence-corrected chi connectivity index (χ1v) is 13.7. The number of fused-ring (bicyclic) bond motifs is 1. The van der Waals surface area contributed by atoms with Crippen LogP contribution in [0.25, 0.3) is 11.1 Å². The summed E-state index contributed by atoms with van der Waals surface area (Å²) >= 11 is 0. The highest BCUT2D eigenvalue weighted by Gasteiger charge is 2.23. The summed E-state index contributed by atoms with van der Waals surface area (Å²) in [6.45, 7) is 2.96. The fourth-order valence-corrected chi connectivity index (χ4v) is 4.62. The molecule has 0 amide bonds. The van der Waals surface area contributed by atoms with E-state index in [9.17, 15) is 9.59 Å². The van der Waals surface area contributed by atoms with Gasteiger partial charge in [-0.15, -0.1) is 0 Å². The lowest BCUT2D eigenvalue weighted by molar-refractivity contribution is -0.141. The first-order chi connectivity index (χ1) is 20.4. The number of esters is 1. The molecule has 8 nitrogen and oxygen atoms in total. The van der Waals surface area contributed by atoms with Crippen LogP contribution >= 0.6 is 0 Å². The van der Waals surface area contributed by atoms with Crippen molar-refractivity contribution in [2.24, 2.45) is 0 Å². The number of ether oxygens (including phenoxy) is 2. The van der Waals surface area contributed by atoms with E-state index >= 15 is 0 Å². The van der Waals surface area contributed by atoms with E-state index in [0.29, 0.717) is 48.2 Å². The van der Waals surface area contributed by atoms with Crippen LogP contribution in [-0.4, -0.2) is 50.1 Å². The molecule has 5 aromatic rings. The van der Waals surface area contributed by atoms with Gasteiger partial charge in [0, 0.05) is 30.3 Å². The minimum atomic E-state index is -0.697. The molecule has 1 aromatic heterocycles. The summed E-state index contributed by atoms with van der Waals surface area (Å²) in [7, 11) is 3.26. The predicted octanol–water partition coefficient (Wildman–Crippen LogP) is 6.08. The van der Waals surface area contributed by atoms with Crippen molar-refractivity contribution in [1.82, 2.24) is 4.98 Å². The normalized spacial score (nSPS) is 11.6. The van der Waals surface area contributed by atoms with E-state index in [4.69, 9.17) is 13.9 Å². The molecule has 8 heteroatoms. The Labute approximate surface area is 244 Å². The highest BCUT2D eigenvalue weighted by atomic mass is 16.5. The van der Waals surface area contributed by atoms with Gasteiger partial charge in [0.25, 0.3) is 6.01 Å². The van der Waals surface area contributed by atoms with Gasteiger partial charge in [-0.2, -0.15) is 4.98 Å². The molecule has 0 bridgehead atoms. The molecule has 0 aliphatic heterocycles. The maximum Gasteiger partial charge on any atom is 0.328 e. The Hall–Kier alpha value is -5.11. The van der Waals surface area contributed by atoms with Crippen molar-refractivity contribution in [2.75, 3.05) is 37.5 Å². The van der Waals surface area contributed by atoms with Gasteiger partial charge in [-0.3, -0.25) is 4.79 Å². The lowest BCUT2D eigenvalue weighted by atomic mass is 9.98. The second-order valence-corrected chi connectivity index (χ2v) is 10.0. The number of benzene rings is 4. The average molecular weight is 564 g/mol. The number of anilines is 2. The van der Waals surface area contributed by atoms with Crippen LogP contribution in [0.1, 0.15) is 27.0 Å².